The molecule has 1 atom stereocenters. The molecule has 0 radical (unpaired) electrons. The first kappa shape index (κ1) is 29.2. The fourth-order valence-corrected chi connectivity index (χ4v) is 5.83. The molecule has 0 aromatic heterocycles. The lowest BCUT2D eigenvalue weighted by Gasteiger charge is -2.33. The Morgan fingerprint density at radius 1 is 0.895 bits per heavy atom. The van der Waals surface area contributed by atoms with Gasteiger partial charge in [-0.1, -0.05) is 92.5 Å². The number of carbonyl (C=O) groups is 2. The topological polar surface area (TPSA) is 86.8 Å². The highest BCUT2D eigenvalue weighted by atomic mass is 35.5. The van der Waals surface area contributed by atoms with Gasteiger partial charge in [0.15, 0.2) is 0 Å². The van der Waals surface area contributed by atoms with Crippen molar-refractivity contribution in [2.24, 2.45) is 0 Å². The van der Waals surface area contributed by atoms with E-state index in [9.17, 15) is 18.0 Å². The van der Waals surface area contributed by atoms with Gasteiger partial charge < -0.3 is 10.2 Å². The molecule has 2 amide bonds. The number of rotatable bonds is 13. The van der Waals surface area contributed by atoms with Crippen LogP contribution in [0.4, 0.5) is 5.69 Å². The van der Waals surface area contributed by atoms with E-state index < -0.39 is 28.5 Å². The standard InChI is InChI=1S/C29H34ClN3O4S/c1-3-5-20-31-29(35)26(4-2)32(21-23-14-8-6-9-15-23)28(34)22-33(27-19-13-12-18-25(27)30)38(36,37)24-16-10-7-11-17-24/h6-19,26H,3-5,20-22H2,1-2H3,(H,31,35). The number of halogens is 1. The van der Waals surface area contributed by atoms with E-state index in [-0.39, 0.29) is 28.1 Å². The first-order valence-electron chi connectivity index (χ1n) is 12.7. The number of unbranched alkanes of at least 4 members (excludes halogenated alkanes) is 1. The van der Waals surface area contributed by atoms with E-state index >= 15 is 0 Å². The third kappa shape index (κ3) is 7.36. The number of anilines is 1. The first-order chi connectivity index (χ1) is 18.3. The predicted molar refractivity (Wildman–Crippen MR) is 151 cm³/mol. The SMILES string of the molecule is CCCCNC(=O)C(CC)N(Cc1ccccc1)C(=O)CN(c1ccccc1Cl)S(=O)(=O)c1ccccc1. The third-order valence-electron chi connectivity index (χ3n) is 6.14. The smallest absolute Gasteiger partial charge is 0.264 e. The molecule has 3 aromatic rings. The lowest BCUT2D eigenvalue weighted by molar-refractivity contribution is -0.140. The second-order valence-corrected chi connectivity index (χ2v) is 11.1. The Labute approximate surface area is 230 Å². The molecule has 0 spiro atoms. The molecule has 1 N–H and O–H groups in total. The number of nitrogens with zero attached hydrogens (tertiary/aromatic N) is 2. The van der Waals surface area contributed by atoms with Crippen LogP contribution in [-0.4, -0.2) is 44.3 Å². The lowest BCUT2D eigenvalue weighted by Crippen LogP contribution is -2.52. The summed E-state index contributed by atoms with van der Waals surface area (Å²) < 4.78 is 28.6. The average Bonchev–Trinajstić information content (AvgIpc) is 2.93. The van der Waals surface area contributed by atoms with Crippen molar-refractivity contribution in [3.05, 3.63) is 95.5 Å². The maximum atomic E-state index is 14.0. The van der Waals surface area contributed by atoms with Gasteiger partial charge in [0.25, 0.3) is 10.0 Å². The van der Waals surface area contributed by atoms with E-state index in [2.05, 4.69) is 5.32 Å². The number of carbonyl (C=O) groups excluding carboxylic acids is 2. The van der Waals surface area contributed by atoms with Crippen molar-refractivity contribution in [1.82, 2.24) is 10.2 Å². The number of nitrogens with one attached hydrogen (secondary N) is 1. The van der Waals surface area contributed by atoms with Crippen LogP contribution in [0.15, 0.2) is 89.8 Å². The quantitative estimate of drug-likeness (QED) is 0.291. The molecule has 0 aliphatic rings. The van der Waals surface area contributed by atoms with Crippen LogP contribution in [-0.2, 0) is 26.2 Å². The summed E-state index contributed by atoms with van der Waals surface area (Å²) in [5.74, 6) is -0.772. The molecule has 0 bridgehead atoms. The van der Waals surface area contributed by atoms with Crippen LogP contribution in [0, 0.1) is 0 Å². The molecule has 3 aromatic carbocycles. The Morgan fingerprint density at radius 3 is 2.11 bits per heavy atom. The molecule has 1 unspecified atom stereocenters. The van der Waals surface area contributed by atoms with E-state index in [1.54, 1.807) is 42.5 Å². The van der Waals surface area contributed by atoms with Crippen LogP contribution in [0.2, 0.25) is 5.02 Å². The minimum atomic E-state index is -4.15. The number of sulfonamides is 1. The van der Waals surface area contributed by atoms with Gasteiger partial charge in [0, 0.05) is 13.1 Å². The monoisotopic (exact) mass is 555 g/mol. The molecule has 0 heterocycles. The average molecular weight is 556 g/mol. The molecule has 38 heavy (non-hydrogen) atoms. The number of benzene rings is 3. The zero-order valence-electron chi connectivity index (χ0n) is 21.7. The van der Waals surface area contributed by atoms with Gasteiger partial charge in [-0.15, -0.1) is 0 Å². The fraction of sp³-hybridized carbons (Fsp3) is 0.310. The normalized spacial score (nSPS) is 12.0. The van der Waals surface area contributed by atoms with Crippen molar-refractivity contribution in [2.45, 2.75) is 50.6 Å². The molecule has 0 fully saturated rings. The summed E-state index contributed by atoms with van der Waals surface area (Å²) >= 11 is 6.42. The second-order valence-electron chi connectivity index (χ2n) is 8.85. The van der Waals surface area contributed by atoms with Gasteiger partial charge in [-0.2, -0.15) is 0 Å². The van der Waals surface area contributed by atoms with Crippen molar-refractivity contribution in [3.63, 3.8) is 0 Å². The van der Waals surface area contributed by atoms with Gasteiger partial charge in [0.05, 0.1) is 15.6 Å². The Kier molecular flexibility index (Phi) is 10.7. The highest BCUT2D eigenvalue weighted by molar-refractivity contribution is 7.92. The maximum Gasteiger partial charge on any atom is 0.264 e. The summed E-state index contributed by atoms with van der Waals surface area (Å²) in [6.45, 7) is 4.01. The summed E-state index contributed by atoms with van der Waals surface area (Å²) in [7, 11) is -4.15. The van der Waals surface area contributed by atoms with Crippen molar-refractivity contribution in [1.29, 1.82) is 0 Å². The molecule has 9 heteroatoms. The summed E-state index contributed by atoms with van der Waals surface area (Å²) in [5, 5.41) is 3.11. The Hall–Kier alpha value is -3.36. The first-order valence-corrected chi connectivity index (χ1v) is 14.5. The van der Waals surface area contributed by atoms with Crippen LogP contribution >= 0.6 is 11.6 Å². The lowest BCUT2D eigenvalue weighted by atomic mass is 10.1. The van der Waals surface area contributed by atoms with Crippen LogP contribution in [0.1, 0.15) is 38.7 Å². The summed E-state index contributed by atoms with van der Waals surface area (Å²) in [6, 6.07) is 23.0. The molecular formula is C29H34ClN3O4S. The van der Waals surface area contributed by atoms with Crippen molar-refractivity contribution >= 4 is 39.1 Å². The largest absolute Gasteiger partial charge is 0.354 e. The molecule has 202 valence electrons. The number of hydrogen-bond donors (Lipinski definition) is 1. The van der Waals surface area contributed by atoms with E-state index in [1.807, 2.05) is 44.2 Å². The second kappa shape index (κ2) is 14.0. The molecule has 7 nitrogen and oxygen atoms in total. The highest BCUT2D eigenvalue weighted by Gasteiger charge is 2.34. The Morgan fingerprint density at radius 2 is 1.50 bits per heavy atom. The Balaban J connectivity index is 2.02. The summed E-state index contributed by atoms with van der Waals surface area (Å²) in [6.07, 6.45) is 2.12. The minimum absolute atomic E-state index is 0.0340. The van der Waals surface area contributed by atoms with Crippen LogP contribution < -0.4 is 9.62 Å². The highest BCUT2D eigenvalue weighted by Crippen LogP contribution is 2.30. The van der Waals surface area contributed by atoms with E-state index in [0.29, 0.717) is 13.0 Å². The Bertz CT molecular complexity index is 1300. The zero-order valence-corrected chi connectivity index (χ0v) is 23.3. The maximum absolute atomic E-state index is 14.0. The molecule has 0 saturated heterocycles. The molecule has 3 rings (SSSR count). The molecule has 0 aliphatic heterocycles. The number of amides is 2. The molecule has 0 saturated carbocycles. The van der Waals surface area contributed by atoms with Crippen LogP contribution in [0.3, 0.4) is 0 Å². The van der Waals surface area contributed by atoms with E-state index in [1.165, 1.54) is 17.0 Å². The van der Waals surface area contributed by atoms with E-state index in [0.717, 1.165) is 22.7 Å². The van der Waals surface area contributed by atoms with Gasteiger partial charge >= 0.3 is 0 Å². The predicted octanol–water partition coefficient (Wildman–Crippen LogP) is 5.26. The zero-order chi connectivity index (χ0) is 27.5. The fourth-order valence-electron chi connectivity index (χ4n) is 4.09. The summed E-state index contributed by atoms with van der Waals surface area (Å²) in [4.78, 5) is 28.6. The van der Waals surface area contributed by atoms with Gasteiger partial charge in [0.1, 0.15) is 12.6 Å². The van der Waals surface area contributed by atoms with Crippen LogP contribution in [0.5, 0.6) is 0 Å². The van der Waals surface area contributed by atoms with Gasteiger partial charge in [-0.25, -0.2) is 8.42 Å². The number of hydrogen-bond acceptors (Lipinski definition) is 4. The van der Waals surface area contributed by atoms with Crippen molar-refractivity contribution in [3.8, 4) is 0 Å². The van der Waals surface area contributed by atoms with Gasteiger partial charge in [-0.05, 0) is 42.7 Å². The van der Waals surface area contributed by atoms with Crippen LogP contribution in [0.25, 0.3) is 0 Å². The van der Waals surface area contributed by atoms with Crippen molar-refractivity contribution < 1.29 is 18.0 Å². The minimum Gasteiger partial charge on any atom is -0.354 e. The van der Waals surface area contributed by atoms with Gasteiger partial charge in [0.2, 0.25) is 11.8 Å². The van der Waals surface area contributed by atoms with E-state index in [4.69, 9.17) is 11.6 Å². The van der Waals surface area contributed by atoms with Crippen molar-refractivity contribution in [2.75, 3.05) is 17.4 Å². The van der Waals surface area contributed by atoms with Gasteiger partial charge in [-0.3, -0.25) is 13.9 Å². The molecule has 0 aliphatic carbocycles. The molecular weight excluding hydrogens is 522 g/mol. The third-order valence-corrected chi connectivity index (χ3v) is 8.24. The summed E-state index contributed by atoms with van der Waals surface area (Å²) in [5.41, 5.74) is 1.02. The number of para-hydroxylation sites is 1.